The fraction of sp³-hybridized carbons (Fsp3) is 0.444. The molecule has 0 aromatic carbocycles. The molecule has 2 heterocycles. The van der Waals surface area contributed by atoms with Gasteiger partial charge in [0, 0.05) is 19.3 Å². The monoisotopic (exact) mass is 288 g/mol. The summed E-state index contributed by atoms with van der Waals surface area (Å²) in [7, 11) is 0. The van der Waals surface area contributed by atoms with Crippen molar-refractivity contribution in [2.45, 2.75) is 0 Å². The summed E-state index contributed by atoms with van der Waals surface area (Å²) in [5, 5.41) is 0. The first-order valence-electron chi connectivity index (χ1n) is 5.17. The van der Waals surface area contributed by atoms with Crippen LogP contribution in [0.15, 0.2) is 12.3 Å². The molecule has 0 atom stereocenters. The van der Waals surface area contributed by atoms with Crippen molar-refractivity contribution < 1.29 is 73.5 Å². The van der Waals surface area contributed by atoms with Crippen molar-refractivity contribution in [3.05, 3.63) is 18.1 Å². The Balaban J connectivity index is 0.00000162. The molecule has 0 bridgehead atoms. The third-order valence-corrected chi connectivity index (χ3v) is 2.56. The summed E-state index contributed by atoms with van der Waals surface area (Å²) in [6.07, 6.45) is 0.985. The molecule has 2 rings (SSSR count). The van der Waals surface area contributed by atoms with Crippen molar-refractivity contribution in [1.29, 1.82) is 0 Å². The first-order chi connectivity index (χ1) is 8.00. The molecule has 3 nitrogen and oxygen atoms in total. The first-order valence-corrected chi connectivity index (χ1v) is 5.17. The second-order valence-electron chi connectivity index (χ2n) is 3.71. The van der Waals surface area contributed by atoms with Gasteiger partial charge in [0.1, 0.15) is 5.82 Å². The minimum atomic E-state index is -5.35. The van der Waals surface area contributed by atoms with Crippen molar-refractivity contribution in [3.63, 3.8) is 0 Å². The van der Waals surface area contributed by atoms with Gasteiger partial charge in [-0.2, -0.15) is 0 Å². The Bertz CT molecular complexity index is 412. The maximum absolute atomic E-state index is 13.7. The van der Waals surface area contributed by atoms with Crippen LogP contribution in [-0.2, 0) is 4.74 Å². The number of pyridine rings is 1. The number of aromatic nitrogens is 1. The second-order valence-corrected chi connectivity index (χ2v) is 3.71. The molecule has 0 N–H and O–H groups in total. The zero-order valence-corrected chi connectivity index (χ0v) is 13.0. The van der Waals surface area contributed by atoms with Gasteiger partial charge in [-0.25, -0.2) is 9.37 Å². The van der Waals surface area contributed by atoms with Crippen LogP contribution in [0.5, 0.6) is 0 Å². The van der Waals surface area contributed by atoms with Gasteiger partial charge in [0.15, 0.2) is 5.82 Å². The summed E-state index contributed by atoms with van der Waals surface area (Å²) in [4.78, 5) is 5.14. The summed E-state index contributed by atoms with van der Waals surface area (Å²) in [5.41, 5.74) is -1.22. The predicted molar refractivity (Wildman–Crippen MR) is 55.9 cm³/mol. The number of hydrogen-bond acceptors (Lipinski definition) is 3. The van der Waals surface area contributed by atoms with Crippen LogP contribution >= 0.6 is 0 Å². The van der Waals surface area contributed by atoms with Gasteiger partial charge in [-0.3, -0.25) is 0 Å². The van der Waals surface area contributed by atoms with Gasteiger partial charge in [-0.15, -0.1) is 0 Å². The van der Waals surface area contributed by atoms with Crippen molar-refractivity contribution in [2.75, 3.05) is 31.2 Å². The molecular formula is C9H10BF4KN2O. The van der Waals surface area contributed by atoms with Crippen molar-refractivity contribution in [2.24, 2.45) is 0 Å². The van der Waals surface area contributed by atoms with E-state index in [2.05, 4.69) is 4.98 Å². The Morgan fingerprint density at radius 1 is 1.22 bits per heavy atom. The Labute approximate surface area is 144 Å². The van der Waals surface area contributed by atoms with Gasteiger partial charge in [-0.1, -0.05) is 11.5 Å². The van der Waals surface area contributed by atoms with Gasteiger partial charge in [0.2, 0.25) is 0 Å². The van der Waals surface area contributed by atoms with E-state index in [1.54, 1.807) is 0 Å². The largest absolute Gasteiger partial charge is 1.00 e. The van der Waals surface area contributed by atoms with E-state index in [-0.39, 0.29) is 57.2 Å². The number of morpholine rings is 1. The first kappa shape index (κ1) is 16.4. The van der Waals surface area contributed by atoms with E-state index < -0.39 is 18.3 Å². The van der Waals surface area contributed by atoms with Gasteiger partial charge in [0.05, 0.1) is 13.2 Å². The summed E-state index contributed by atoms with van der Waals surface area (Å²) < 4.78 is 56.4. The Morgan fingerprint density at radius 3 is 2.39 bits per heavy atom. The predicted octanol–water partition coefficient (Wildman–Crippen LogP) is -1.88. The molecule has 9 heteroatoms. The fourth-order valence-corrected chi connectivity index (χ4v) is 1.70. The molecule has 1 aliphatic heterocycles. The van der Waals surface area contributed by atoms with Crippen LogP contribution in [0, 0.1) is 5.82 Å². The summed E-state index contributed by atoms with van der Waals surface area (Å²) >= 11 is 0. The van der Waals surface area contributed by atoms with E-state index >= 15 is 0 Å². The number of rotatable bonds is 2. The average molecular weight is 288 g/mol. The number of anilines is 1. The van der Waals surface area contributed by atoms with E-state index in [0.717, 1.165) is 6.20 Å². The Hall–Kier alpha value is 0.331. The maximum atomic E-state index is 13.7. The van der Waals surface area contributed by atoms with E-state index in [4.69, 9.17) is 4.74 Å². The van der Waals surface area contributed by atoms with Crippen LogP contribution in [-0.4, -0.2) is 38.3 Å². The minimum Gasteiger partial charge on any atom is -0.445 e. The molecular weight excluding hydrogens is 278 g/mol. The quantitative estimate of drug-likeness (QED) is 0.470. The normalized spacial score (nSPS) is 16.3. The standard InChI is InChI=1S/C9H10BF4N2O.K/c11-8-7(10(12,13)14)1-2-15-9(8)16-3-5-17-6-4-16;/h1-2H,3-6H2;/q-1;+1. The van der Waals surface area contributed by atoms with E-state index in [0.29, 0.717) is 32.4 Å². The molecule has 1 aliphatic rings. The minimum absolute atomic E-state index is 0. The van der Waals surface area contributed by atoms with Crippen LogP contribution in [0.1, 0.15) is 0 Å². The third-order valence-electron chi connectivity index (χ3n) is 2.56. The number of halogens is 4. The number of nitrogens with zero attached hydrogens (tertiary/aromatic N) is 2. The molecule has 0 amide bonds. The topological polar surface area (TPSA) is 25.4 Å². The summed E-state index contributed by atoms with van der Waals surface area (Å²) in [6, 6.07) is 0.666. The van der Waals surface area contributed by atoms with Gasteiger partial charge in [-0.05, 0) is 0 Å². The molecule has 1 aromatic heterocycles. The van der Waals surface area contributed by atoms with Crippen LogP contribution < -0.4 is 61.7 Å². The van der Waals surface area contributed by atoms with E-state index in [1.165, 1.54) is 4.90 Å². The Morgan fingerprint density at radius 2 is 1.83 bits per heavy atom. The van der Waals surface area contributed by atoms with Crippen LogP contribution in [0.2, 0.25) is 0 Å². The van der Waals surface area contributed by atoms with Crippen molar-refractivity contribution in [3.8, 4) is 0 Å². The molecule has 1 saturated heterocycles. The molecule has 0 saturated carbocycles. The molecule has 18 heavy (non-hydrogen) atoms. The SMILES string of the molecule is Fc1c([B-](F)(F)F)ccnc1N1CCOCC1.[K+]. The number of ether oxygens (including phenoxy) is 1. The third kappa shape index (κ3) is 3.67. The van der Waals surface area contributed by atoms with Crippen molar-refractivity contribution >= 4 is 18.3 Å². The summed E-state index contributed by atoms with van der Waals surface area (Å²) in [5.74, 6) is -1.54. The molecule has 0 radical (unpaired) electrons. The van der Waals surface area contributed by atoms with E-state index in [1.807, 2.05) is 0 Å². The van der Waals surface area contributed by atoms with Gasteiger partial charge < -0.3 is 22.6 Å². The molecule has 1 aromatic rings. The molecule has 0 aliphatic carbocycles. The Kier molecular flexibility index (Phi) is 6.07. The maximum Gasteiger partial charge on any atom is 1.00 e. The average Bonchev–Trinajstić information content (AvgIpc) is 2.29. The van der Waals surface area contributed by atoms with Crippen LogP contribution in [0.3, 0.4) is 0 Å². The molecule has 0 unspecified atom stereocenters. The summed E-state index contributed by atoms with van der Waals surface area (Å²) in [6.45, 7) is -3.93. The zero-order chi connectivity index (χ0) is 12.5. The molecule has 1 fully saturated rings. The second kappa shape index (κ2) is 6.67. The fourth-order valence-electron chi connectivity index (χ4n) is 1.70. The zero-order valence-electron chi connectivity index (χ0n) is 9.88. The van der Waals surface area contributed by atoms with Crippen molar-refractivity contribution in [1.82, 2.24) is 4.98 Å². The molecule has 94 valence electrons. The van der Waals surface area contributed by atoms with Gasteiger partial charge >= 0.3 is 58.4 Å². The van der Waals surface area contributed by atoms with Crippen LogP contribution in [0.4, 0.5) is 23.2 Å². The van der Waals surface area contributed by atoms with E-state index in [9.17, 15) is 17.3 Å². The molecule has 0 spiro atoms. The van der Waals surface area contributed by atoms with Crippen LogP contribution in [0.25, 0.3) is 0 Å². The van der Waals surface area contributed by atoms with Gasteiger partial charge in [0.25, 0.3) is 0 Å². The smallest absolute Gasteiger partial charge is 0.445 e. The number of hydrogen-bond donors (Lipinski definition) is 0.